The Hall–Kier alpha value is -3.07. The predicted molar refractivity (Wildman–Crippen MR) is 148 cm³/mol. The predicted octanol–water partition coefficient (Wildman–Crippen LogP) is 4.13. The molecule has 0 radical (unpaired) electrons. The molecule has 9 heteroatoms. The number of amides is 2. The van der Waals surface area contributed by atoms with E-state index in [1.54, 1.807) is 18.1 Å². The lowest BCUT2D eigenvalue weighted by Gasteiger charge is -2.31. The number of rotatable bonds is 14. The number of hydrogen-bond acceptors (Lipinski definition) is 5. The number of ether oxygens (including phenoxy) is 1. The third-order valence-electron chi connectivity index (χ3n) is 6.02. The van der Waals surface area contributed by atoms with Gasteiger partial charge in [-0.2, -0.15) is 0 Å². The number of hydrogen-bond donors (Lipinski definition) is 1. The largest absolute Gasteiger partial charge is 0.497 e. The maximum Gasteiger partial charge on any atom is 0.242 e. The van der Waals surface area contributed by atoms with E-state index in [0.29, 0.717) is 30.8 Å². The molecule has 0 aromatic heterocycles. The number of nitrogens with one attached hydrogen (secondary N) is 1. The smallest absolute Gasteiger partial charge is 0.242 e. The Morgan fingerprint density at radius 2 is 1.76 bits per heavy atom. The van der Waals surface area contributed by atoms with Gasteiger partial charge < -0.3 is 15.0 Å². The van der Waals surface area contributed by atoms with Crippen LogP contribution in [-0.2, 0) is 26.2 Å². The molecule has 2 aromatic rings. The van der Waals surface area contributed by atoms with Crippen LogP contribution in [0.5, 0.6) is 5.75 Å². The Balaban J connectivity index is 2.21. The SMILES string of the molecule is CCC(C(=O)NCC(C)C)N(Cc1ccc(OC)cc1)C(=O)CCCN(c1cccc(C)c1)S(C)(=O)=O. The molecular formula is C28H41N3O5S. The van der Waals surface area contributed by atoms with Crippen LogP contribution < -0.4 is 14.4 Å². The van der Waals surface area contributed by atoms with Gasteiger partial charge in [0, 0.05) is 26.1 Å². The topological polar surface area (TPSA) is 96.0 Å². The maximum absolute atomic E-state index is 13.5. The first-order valence-electron chi connectivity index (χ1n) is 12.7. The van der Waals surface area contributed by atoms with E-state index < -0.39 is 16.1 Å². The molecule has 0 fully saturated rings. The fourth-order valence-corrected chi connectivity index (χ4v) is 5.01. The van der Waals surface area contributed by atoms with Crippen molar-refractivity contribution >= 4 is 27.5 Å². The Labute approximate surface area is 222 Å². The molecule has 0 aliphatic carbocycles. The van der Waals surface area contributed by atoms with Crippen LogP contribution in [0, 0.1) is 12.8 Å². The summed E-state index contributed by atoms with van der Waals surface area (Å²) in [6.07, 6.45) is 2.06. The van der Waals surface area contributed by atoms with Crippen LogP contribution in [0.15, 0.2) is 48.5 Å². The van der Waals surface area contributed by atoms with Crippen molar-refractivity contribution in [2.24, 2.45) is 5.92 Å². The number of nitrogens with zero attached hydrogens (tertiary/aromatic N) is 2. The molecule has 2 rings (SSSR count). The van der Waals surface area contributed by atoms with Crippen LogP contribution in [0.4, 0.5) is 5.69 Å². The van der Waals surface area contributed by atoms with Crippen molar-refractivity contribution < 1.29 is 22.7 Å². The second-order valence-electron chi connectivity index (χ2n) is 9.71. The summed E-state index contributed by atoms with van der Waals surface area (Å²) in [5, 5.41) is 2.95. The normalized spacial score (nSPS) is 12.2. The highest BCUT2D eigenvalue weighted by Crippen LogP contribution is 2.21. The Bertz CT molecular complexity index is 1130. The van der Waals surface area contributed by atoms with Crippen LogP contribution in [0.3, 0.4) is 0 Å². The molecule has 204 valence electrons. The number of sulfonamides is 1. The van der Waals surface area contributed by atoms with Gasteiger partial charge in [0.1, 0.15) is 11.8 Å². The summed E-state index contributed by atoms with van der Waals surface area (Å²) in [6, 6.07) is 14.0. The van der Waals surface area contributed by atoms with Gasteiger partial charge >= 0.3 is 0 Å². The van der Waals surface area contributed by atoms with E-state index in [-0.39, 0.29) is 37.2 Å². The van der Waals surface area contributed by atoms with Gasteiger partial charge in [0.25, 0.3) is 0 Å². The van der Waals surface area contributed by atoms with Gasteiger partial charge in [-0.25, -0.2) is 8.42 Å². The number of anilines is 1. The molecule has 0 heterocycles. The van der Waals surface area contributed by atoms with E-state index in [1.165, 1.54) is 10.6 Å². The summed E-state index contributed by atoms with van der Waals surface area (Å²) in [7, 11) is -1.93. The zero-order valence-corrected chi connectivity index (χ0v) is 23.7. The Morgan fingerprint density at radius 3 is 2.30 bits per heavy atom. The molecule has 37 heavy (non-hydrogen) atoms. The van der Waals surface area contributed by atoms with Crippen LogP contribution >= 0.6 is 0 Å². The summed E-state index contributed by atoms with van der Waals surface area (Å²) in [5.74, 6) is 0.617. The number of carbonyl (C=O) groups excluding carboxylic acids is 2. The van der Waals surface area contributed by atoms with Crippen molar-refractivity contribution in [3.05, 3.63) is 59.7 Å². The van der Waals surface area contributed by atoms with Gasteiger partial charge in [-0.15, -0.1) is 0 Å². The zero-order chi connectivity index (χ0) is 27.6. The third-order valence-corrected chi connectivity index (χ3v) is 7.22. The summed E-state index contributed by atoms with van der Waals surface area (Å²) in [6.45, 7) is 8.79. The minimum Gasteiger partial charge on any atom is -0.497 e. The fraction of sp³-hybridized carbons (Fsp3) is 0.500. The van der Waals surface area contributed by atoms with E-state index in [9.17, 15) is 18.0 Å². The Kier molecular flexibility index (Phi) is 11.4. The van der Waals surface area contributed by atoms with Crippen molar-refractivity contribution in [1.82, 2.24) is 10.2 Å². The second-order valence-corrected chi connectivity index (χ2v) is 11.6. The van der Waals surface area contributed by atoms with E-state index in [0.717, 1.165) is 11.1 Å². The summed E-state index contributed by atoms with van der Waals surface area (Å²) in [5.41, 5.74) is 2.40. The summed E-state index contributed by atoms with van der Waals surface area (Å²) < 4.78 is 31.5. The van der Waals surface area contributed by atoms with Crippen molar-refractivity contribution in [3.63, 3.8) is 0 Å². The molecule has 1 unspecified atom stereocenters. The molecule has 0 saturated heterocycles. The lowest BCUT2D eigenvalue weighted by molar-refractivity contribution is -0.141. The first kappa shape index (κ1) is 30.2. The van der Waals surface area contributed by atoms with E-state index >= 15 is 0 Å². The van der Waals surface area contributed by atoms with Gasteiger partial charge in [-0.3, -0.25) is 13.9 Å². The van der Waals surface area contributed by atoms with Crippen molar-refractivity contribution in [2.45, 2.75) is 59.5 Å². The first-order chi connectivity index (χ1) is 17.5. The van der Waals surface area contributed by atoms with Crippen molar-refractivity contribution in [1.29, 1.82) is 0 Å². The standard InChI is InChI=1S/C28H41N3O5S/c1-7-26(28(33)29-19-21(2)3)30(20-23-13-15-25(36-5)16-14-23)27(32)12-9-17-31(37(6,34)35)24-11-8-10-22(4)18-24/h8,10-11,13-16,18,21,26H,7,9,12,17,19-20H2,1-6H3,(H,29,33). The van der Waals surface area contributed by atoms with Crippen molar-refractivity contribution in [2.75, 3.05) is 30.8 Å². The monoisotopic (exact) mass is 531 g/mol. The highest BCUT2D eigenvalue weighted by Gasteiger charge is 2.29. The summed E-state index contributed by atoms with van der Waals surface area (Å²) in [4.78, 5) is 28.1. The zero-order valence-electron chi connectivity index (χ0n) is 22.9. The van der Waals surface area contributed by atoms with Crippen LogP contribution in [0.25, 0.3) is 0 Å². The fourth-order valence-electron chi connectivity index (χ4n) is 4.06. The maximum atomic E-state index is 13.5. The highest BCUT2D eigenvalue weighted by atomic mass is 32.2. The minimum atomic E-state index is -3.53. The Morgan fingerprint density at radius 1 is 1.08 bits per heavy atom. The number of carbonyl (C=O) groups is 2. The molecule has 0 aliphatic heterocycles. The van der Waals surface area contributed by atoms with E-state index in [4.69, 9.17) is 4.74 Å². The average molecular weight is 532 g/mol. The molecule has 2 amide bonds. The molecule has 1 N–H and O–H groups in total. The lowest BCUT2D eigenvalue weighted by atomic mass is 10.1. The van der Waals surface area contributed by atoms with Crippen LogP contribution in [0.2, 0.25) is 0 Å². The quantitative estimate of drug-likeness (QED) is 0.396. The number of methoxy groups -OCH3 is 1. The number of benzene rings is 2. The third kappa shape index (κ3) is 9.39. The first-order valence-corrected chi connectivity index (χ1v) is 14.6. The number of aryl methyl sites for hydroxylation is 1. The molecule has 0 saturated carbocycles. The van der Waals surface area contributed by atoms with Gasteiger partial charge in [0.15, 0.2) is 0 Å². The summed E-state index contributed by atoms with van der Waals surface area (Å²) >= 11 is 0. The van der Waals surface area contributed by atoms with Gasteiger partial charge in [-0.1, -0.05) is 45.0 Å². The van der Waals surface area contributed by atoms with Gasteiger partial charge in [-0.05, 0) is 61.1 Å². The molecule has 0 bridgehead atoms. The van der Waals surface area contributed by atoms with Gasteiger partial charge in [0.2, 0.25) is 21.8 Å². The lowest BCUT2D eigenvalue weighted by Crippen LogP contribution is -2.49. The average Bonchev–Trinajstić information content (AvgIpc) is 2.84. The second kappa shape index (κ2) is 14.0. The van der Waals surface area contributed by atoms with Crippen LogP contribution in [0.1, 0.15) is 51.2 Å². The van der Waals surface area contributed by atoms with Gasteiger partial charge in [0.05, 0.1) is 19.1 Å². The highest BCUT2D eigenvalue weighted by molar-refractivity contribution is 7.92. The molecular weight excluding hydrogens is 490 g/mol. The molecule has 1 atom stereocenters. The van der Waals surface area contributed by atoms with E-state index in [2.05, 4.69) is 5.32 Å². The van der Waals surface area contributed by atoms with E-state index in [1.807, 2.05) is 70.2 Å². The molecule has 2 aromatic carbocycles. The molecule has 8 nitrogen and oxygen atoms in total. The minimum absolute atomic E-state index is 0.113. The molecule has 0 aliphatic rings. The molecule has 0 spiro atoms. The van der Waals surface area contributed by atoms with Crippen LogP contribution in [-0.4, -0.2) is 57.6 Å². The van der Waals surface area contributed by atoms with Crippen molar-refractivity contribution in [3.8, 4) is 5.75 Å².